The van der Waals surface area contributed by atoms with Crippen molar-refractivity contribution in [3.63, 3.8) is 0 Å². The lowest BCUT2D eigenvalue weighted by atomic mass is 10.0. The zero-order chi connectivity index (χ0) is 14.5. The van der Waals surface area contributed by atoms with Crippen LogP contribution in [0.4, 0.5) is 10.5 Å². The number of aromatic carboxylic acids is 1. The molecule has 102 valence electrons. The number of carbonyl (C=O) groups is 2. The Morgan fingerprint density at radius 3 is 2.75 bits per heavy atom. The standard InChI is InChI=1S/C15H13NO4/c1-2-7-20-15(19)16-11-8-10-5-3-4-6-12(10)13(9-11)14(17)18/h2-6,8-9H,1,7H2,(H,16,19)(H,17,18). The van der Waals surface area contributed by atoms with E-state index in [1.54, 1.807) is 30.3 Å². The number of carboxylic acids is 1. The molecule has 0 aliphatic heterocycles. The molecule has 5 heteroatoms. The molecule has 1 amide bonds. The van der Waals surface area contributed by atoms with E-state index in [9.17, 15) is 14.7 Å². The van der Waals surface area contributed by atoms with Gasteiger partial charge in [-0.3, -0.25) is 5.32 Å². The molecule has 0 radical (unpaired) electrons. The highest BCUT2D eigenvalue weighted by Gasteiger charge is 2.11. The number of hydrogen-bond acceptors (Lipinski definition) is 3. The molecule has 0 heterocycles. The average molecular weight is 271 g/mol. The number of hydrogen-bond donors (Lipinski definition) is 2. The molecule has 0 atom stereocenters. The molecule has 2 N–H and O–H groups in total. The van der Waals surface area contributed by atoms with Crippen LogP contribution in [0.1, 0.15) is 10.4 Å². The normalized spacial score (nSPS) is 10.0. The van der Waals surface area contributed by atoms with Crippen LogP contribution in [0.3, 0.4) is 0 Å². The average Bonchev–Trinajstić information content (AvgIpc) is 2.44. The van der Waals surface area contributed by atoms with Gasteiger partial charge in [0.15, 0.2) is 0 Å². The second-order valence-electron chi connectivity index (χ2n) is 4.06. The maximum absolute atomic E-state index is 11.5. The Morgan fingerprint density at radius 2 is 2.05 bits per heavy atom. The molecule has 0 saturated heterocycles. The first-order chi connectivity index (χ1) is 9.61. The highest BCUT2D eigenvalue weighted by molar-refractivity contribution is 6.06. The predicted molar refractivity (Wildman–Crippen MR) is 76.1 cm³/mol. The zero-order valence-electron chi connectivity index (χ0n) is 10.6. The van der Waals surface area contributed by atoms with Gasteiger partial charge in [-0.25, -0.2) is 9.59 Å². The third kappa shape index (κ3) is 2.95. The molecule has 20 heavy (non-hydrogen) atoms. The Morgan fingerprint density at radius 1 is 1.30 bits per heavy atom. The molecule has 2 rings (SSSR count). The van der Waals surface area contributed by atoms with Gasteiger partial charge in [-0.1, -0.05) is 36.9 Å². The van der Waals surface area contributed by atoms with Crippen LogP contribution in [0.5, 0.6) is 0 Å². The maximum Gasteiger partial charge on any atom is 0.411 e. The van der Waals surface area contributed by atoms with Crippen LogP contribution in [0.2, 0.25) is 0 Å². The van der Waals surface area contributed by atoms with E-state index in [1.165, 1.54) is 12.1 Å². The lowest BCUT2D eigenvalue weighted by Gasteiger charge is -2.09. The number of ether oxygens (including phenoxy) is 1. The quantitative estimate of drug-likeness (QED) is 0.837. The Kier molecular flexibility index (Phi) is 4.00. The van der Waals surface area contributed by atoms with Gasteiger partial charge in [-0.05, 0) is 22.9 Å². The Bertz CT molecular complexity index is 679. The topological polar surface area (TPSA) is 75.6 Å². The Balaban J connectivity index is 2.37. The van der Waals surface area contributed by atoms with Gasteiger partial charge < -0.3 is 9.84 Å². The predicted octanol–water partition coefficient (Wildman–Crippen LogP) is 3.27. The summed E-state index contributed by atoms with van der Waals surface area (Å²) in [6, 6.07) is 10.2. The second kappa shape index (κ2) is 5.88. The van der Waals surface area contributed by atoms with Crippen molar-refractivity contribution >= 4 is 28.5 Å². The number of fused-ring (bicyclic) bond motifs is 1. The van der Waals surface area contributed by atoms with Crippen LogP contribution in [0.25, 0.3) is 10.8 Å². The first-order valence-electron chi connectivity index (χ1n) is 5.92. The number of amides is 1. The minimum absolute atomic E-state index is 0.0885. The summed E-state index contributed by atoms with van der Waals surface area (Å²) in [5.74, 6) is -1.05. The number of benzene rings is 2. The molecular formula is C15H13NO4. The summed E-state index contributed by atoms with van der Waals surface area (Å²) >= 11 is 0. The number of rotatable bonds is 4. The van der Waals surface area contributed by atoms with Crippen molar-refractivity contribution in [3.8, 4) is 0 Å². The van der Waals surface area contributed by atoms with E-state index in [0.717, 1.165) is 5.39 Å². The lowest BCUT2D eigenvalue weighted by Crippen LogP contribution is -2.14. The van der Waals surface area contributed by atoms with Gasteiger partial charge in [-0.2, -0.15) is 0 Å². The van der Waals surface area contributed by atoms with Gasteiger partial charge in [0.1, 0.15) is 6.61 Å². The SMILES string of the molecule is C=CCOC(=O)Nc1cc(C(=O)O)c2ccccc2c1. The summed E-state index contributed by atoms with van der Waals surface area (Å²) < 4.78 is 4.79. The minimum atomic E-state index is -1.05. The first kappa shape index (κ1) is 13.6. The van der Waals surface area contributed by atoms with Gasteiger partial charge >= 0.3 is 12.1 Å². The van der Waals surface area contributed by atoms with Crippen molar-refractivity contribution in [2.45, 2.75) is 0 Å². The van der Waals surface area contributed by atoms with Crippen LogP contribution < -0.4 is 5.32 Å². The Hall–Kier alpha value is -2.82. The van der Waals surface area contributed by atoms with Crippen molar-refractivity contribution < 1.29 is 19.4 Å². The van der Waals surface area contributed by atoms with E-state index in [2.05, 4.69) is 11.9 Å². The molecular weight excluding hydrogens is 258 g/mol. The molecule has 0 aromatic heterocycles. The second-order valence-corrected chi connectivity index (χ2v) is 4.06. The fraction of sp³-hybridized carbons (Fsp3) is 0.0667. The van der Waals surface area contributed by atoms with Crippen LogP contribution in [0, 0.1) is 0 Å². The zero-order valence-corrected chi connectivity index (χ0v) is 10.6. The van der Waals surface area contributed by atoms with Crippen LogP contribution >= 0.6 is 0 Å². The third-order valence-corrected chi connectivity index (χ3v) is 2.67. The van der Waals surface area contributed by atoms with Gasteiger partial charge in [-0.15, -0.1) is 0 Å². The molecule has 0 unspecified atom stereocenters. The van der Waals surface area contributed by atoms with E-state index < -0.39 is 12.1 Å². The van der Waals surface area contributed by atoms with E-state index in [1.807, 2.05) is 0 Å². The summed E-state index contributed by atoms with van der Waals surface area (Å²) in [6.07, 6.45) is 0.791. The number of carboxylic acid groups (broad SMARTS) is 1. The molecule has 2 aromatic carbocycles. The molecule has 0 fully saturated rings. The van der Waals surface area contributed by atoms with Crippen molar-refractivity contribution in [2.75, 3.05) is 11.9 Å². The summed E-state index contributed by atoms with van der Waals surface area (Å²) in [4.78, 5) is 22.7. The van der Waals surface area contributed by atoms with Crippen LogP contribution in [0.15, 0.2) is 49.1 Å². The molecule has 0 bridgehead atoms. The summed E-state index contributed by atoms with van der Waals surface area (Å²) in [7, 11) is 0. The Labute approximate surface area is 115 Å². The van der Waals surface area contributed by atoms with E-state index in [-0.39, 0.29) is 12.2 Å². The fourth-order valence-corrected chi connectivity index (χ4v) is 1.85. The van der Waals surface area contributed by atoms with E-state index in [4.69, 9.17) is 4.74 Å². The first-order valence-corrected chi connectivity index (χ1v) is 5.92. The molecule has 0 aliphatic carbocycles. The van der Waals surface area contributed by atoms with Crippen molar-refractivity contribution in [1.82, 2.24) is 0 Å². The van der Waals surface area contributed by atoms with Gasteiger partial charge in [0.05, 0.1) is 5.56 Å². The van der Waals surface area contributed by atoms with Crippen molar-refractivity contribution in [2.24, 2.45) is 0 Å². The van der Waals surface area contributed by atoms with Crippen molar-refractivity contribution in [1.29, 1.82) is 0 Å². The largest absolute Gasteiger partial charge is 0.478 e. The summed E-state index contributed by atoms with van der Waals surface area (Å²) in [5.41, 5.74) is 0.497. The molecule has 0 saturated carbocycles. The number of nitrogens with one attached hydrogen (secondary N) is 1. The minimum Gasteiger partial charge on any atom is -0.478 e. The van der Waals surface area contributed by atoms with Crippen LogP contribution in [-0.2, 0) is 4.74 Å². The third-order valence-electron chi connectivity index (χ3n) is 2.67. The summed E-state index contributed by atoms with van der Waals surface area (Å²) in [5, 5.41) is 13.1. The molecule has 5 nitrogen and oxygen atoms in total. The van der Waals surface area contributed by atoms with E-state index in [0.29, 0.717) is 11.1 Å². The summed E-state index contributed by atoms with van der Waals surface area (Å²) in [6.45, 7) is 3.52. The van der Waals surface area contributed by atoms with Gasteiger partial charge in [0.25, 0.3) is 0 Å². The maximum atomic E-state index is 11.5. The highest BCUT2D eigenvalue weighted by Crippen LogP contribution is 2.24. The number of carbonyl (C=O) groups excluding carboxylic acids is 1. The molecule has 2 aromatic rings. The smallest absolute Gasteiger partial charge is 0.411 e. The fourth-order valence-electron chi connectivity index (χ4n) is 1.85. The lowest BCUT2D eigenvalue weighted by molar-refractivity contribution is 0.0699. The highest BCUT2D eigenvalue weighted by atomic mass is 16.5. The van der Waals surface area contributed by atoms with Gasteiger partial charge in [0, 0.05) is 5.69 Å². The van der Waals surface area contributed by atoms with Crippen LogP contribution in [-0.4, -0.2) is 23.8 Å². The molecule has 0 spiro atoms. The molecule has 0 aliphatic rings. The van der Waals surface area contributed by atoms with E-state index >= 15 is 0 Å². The number of anilines is 1. The monoisotopic (exact) mass is 271 g/mol. The van der Waals surface area contributed by atoms with Gasteiger partial charge in [0.2, 0.25) is 0 Å². The van der Waals surface area contributed by atoms with Crippen molar-refractivity contribution in [3.05, 3.63) is 54.6 Å².